The zero-order chi connectivity index (χ0) is 13.5. The maximum Gasteiger partial charge on any atom is 0.269 e. The molecule has 0 bridgehead atoms. The van der Waals surface area contributed by atoms with Gasteiger partial charge in [0.25, 0.3) is 10.0 Å². The summed E-state index contributed by atoms with van der Waals surface area (Å²) >= 11 is 0. The van der Waals surface area contributed by atoms with Gasteiger partial charge in [0, 0.05) is 0 Å². The highest BCUT2D eigenvalue weighted by atomic mass is 32.2. The van der Waals surface area contributed by atoms with E-state index in [2.05, 4.69) is 4.98 Å². The van der Waals surface area contributed by atoms with Gasteiger partial charge in [0.2, 0.25) is 0 Å². The van der Waals surface area contributed by atoms with E-state index >= 15 is 0 Å². The van der Waals surface area contributed by atoms with Gasteiger partial charge in [-0.15, -0.1) is 0 Å². The van der Waals surface area contributed by atoms with E-state index in [0.29, 0.717) is 11.5 Å². The number of aryl methyl sites for hydroxylation is 3. The van der Waals surface area contributed by atoms with Crippen molar-refractivity contribution in [3.8, 4) is 0 Å². The fraction of sp³-hybridized carbons (Fsp3) is 0.308. The Morgan fingerprint density at radius 2 is 1.56 bits per heavy atom. The van der Waals surface area contributed by atoms with Crippen molar-refractivity contribution in [3.05, 3.63) is 47.0 Å². The summed E-state index contributed by atoms with van der Waals surface area (Å²) in [6.45, 7) is 7.20. The molecule has 2 aromatic rings. The van der Waals surface area contributed by atoms with Crippen molar-refractivity contribution in [2.75, 3.05) is 0 Å². The van der Waals surface area contributed by atoms with Crippen molar-refractivity contribution in [2.24, 2.45) is 0 Å². The molecular weight excluding hydrogens is 248 g/mol. The minimum Gasteiger partial charge on any atom is -0.238 e. The molecule has 0 atom stereocenters. The molecule has 0 radical (unpaired) electrons. The predicted octanol–water partition coefficient (Wildman–Crippen LogP) is 2.35. The Labute approximate surface area is 107 Å². The van der Waals surface area contributed by atoms with E-state index in [4.69, 9.17) is 0 Å². The van der Waals surface area contributed by atoms with Gasteiger partial charge in [0.05, 0.1) is 16.3 Å². The first-order chi connectivity index (χ1) is 8.34. The quantitative estimate of drug-likeness (QED) is 0.836. The molecule has 4 nitrogen and oxygen atoms in total. The minimum absolute atomic E-state index is 0.289. The lowest BCUT2D eigenvalue weighted by atomic mass is 10.2. The van der Waals surface area contributed by atoms with Crippen molar-refractivity contribution in [2.45, 2.75) is 32.6 Å². The van der Waals surface area contributed by atoms with Crippen molar-refractivity contribution in [1.29, 1.82) is 0 Å². The second-order valence-corrected chi connectivity index (χ2v) is 6.20. The monoisotopic (exact) mass is 264 g/mol. The van der Waals surface area contributed by atoms with Gasteiger partial charge in [-0.05, 0) is 39.8 Å². The normalized spacial score (nSPS) is 11.8. The molecule has 0 amide bonds. The molecule has 1 aromatic heterocycles. The van der Waals surface area contributed by atoms with E-state index in [-0.39, 0.29) is 4.90 Å². The third kappa shape index (κ3) is 1.95. The Bertz CT molecular complexity index is 683. The van der Waals surface area contributed by atoms with Gasteiger partial charge in [-0.3, -0.25) is 0 Å². The van der Waals surface area contributed by atoms with Crippen LogP contribution in [-0.2, 0) is 10.0 Å². The highest BCUT2D eigenvalue weighted by Crippen LogP contribution is 2.20. The third-order valence-electron chi connectivity index (χ3n) is 3.01. The van der Waals surface area contributed by atoms with Crippen LogP contribution in [0.5, 0.6) is 0 Å². The maximum absolute atomic E-state index is 12.5. The van der Waals surface area contributed by atoms with Gasteiger partial charge >= 0.3 is 0 Å². The van der Waals surface area contributed by atoms with Gasteiger partial charge in [0.1, 0.15) is 5.82 Å². The van der Waals surface area contributed by atoms with E-state index in [1.54, 1.807) is 38.1 Å². The second kappa shape index (κ2) is 4.24. The Morgan fingerprint density at radius 3 is 2.00 bits per heavy atom. The van der Waals surface area contributed by atoms with Crippen LogP contribution in [0.1, 0.15) is 22.8 Å². The van der Waals surface area contributed by atoms with Gasteiger partial charge < -0.3 is 0 Å². The molecule has 5 heteroatoms. The fourth-order valence-corrected chi connectivity index (χ4v) is 3.50. The van der Waals surface area contributed by atoms with Crippen LogP contribution >= 0.6 is 0 Å². The molecule has 0 saturated carbocycles. The molecule has 0 unspecified atom stereocenters. The predicted molar refractivity (Wildman–Crippen MR) is 70.2 cm³/mol. The van der Waals surface area contributed by atoms with Crippen molar-refractivity contribution in [3.63, 3.8) is 0 Å². The average molecular weight is 264 g/mol. The molecule has 1 aromatic carbocycles. The number of benzene rings is 1. The van der Waals surface area contributed by atoms with Crippen LogP contribution in [0.15, 0.2) is 29.2 Å². The Morgan fingerprint density at radius 1 is 1.00 bits per heavy atom. The van der Waals surface area contributed by atoms with Crippen LogP contribution < -0.4 is 0 Å². The second-order valence-electron chi connectivity index (χ2n) is 4.41. The van der Waals surface area contributed by atoms with Crippen molar-refractivity contribution < 1.29 is 8.42 Å². The SMILES string of the molecule is Cc1ccc(S(=O)(=O)n2c(C)nc(C)c2C)cc1. The van der Waals surface area contributed by atoms with Gasteiger partial charge in [-0.25, -0.2) is 17.4 Å². The fourth-order valence-electron chi connectivity index (χ4n) is 1.93. The van der Waals surface area contributed by atoms with E-state index in [1.807, 2.05) is 13.8 Å². The van der Waals surface area contributed by atoms with Crippen LogP contribution in [0.2, 0.25) is 0 Å². The molecule has 0 fully saturated rings. The number of aromatic nitrogens is 2. The highest BCUT2D eigenvalue weighted by molar-refractivity contribution is 7.90. The first-order valence-electron chi connectivity index (χ1n) is 5.69. The van der Waals surface area contributed by atoms with E-state index in [9.17, 15) is 8.42 Å². The first kappa shape index (κ1) is 12.8. The molecular formula is C13H16N2O2S. The van der Waals surface area contributed by atoms with Crippen LogP contribution in [0.4, 0.5) is 0 Å². The molecule has 0 aliphatic carbocycles. The molecule has 0 aliphatic heterocycles. The highest BCUT2D eigenvalue weighted by Gasteiger charge is 2.22. The lowest BCUT2D eigenvalue weighted by molar-refractivity contribution is 0.584. The summed E-state index contributed by atoms with van der Waals surface area (Å²) in [6, 6.07) is 6.83. The summed E-state index contributed by atoms with van der Waals surface area (Å²) in [6.07, 6.45) is 0. The summed E-state index contributed by atoms with van der Waals surface area (Å²) in [7, 11) is -3.54. The molecule has 18 heavy (non-hydrogen) atoms. The average Bonchev–Trinajstić information content (AvgIpc) is 2.54. The van der Waals surface area contributed by atoms with Crippen LogP contribution in [-0.4, -0.2) is 17.4 Å². The van der Waals surface area contributed by atoms with E-state index in [0.717, 1.165) is 11.3 Å². The summed E-state index contributed by atoms with van der Waals surface area (Å²) in [5.74, 6) is 0.491. The number of hydrogen-bond acceptors (Lipinski definition) is 3. The number of rotatable bonds is 2. The lowest BCUT2D eigenvalue weighted by Gasteiger charge is -2.09. The maximum atomic E-state index is 12.5. The molecule has 96 valence electrons. The van der Waals surface area contributed by atoms with Gasteiger partial charge in [-0.2, -0.15) is 0 Å². The van der Waals surface area contributed by atoms with Crippen LogP contribution in [0, 0.1) is 27.7 Å². The lowest BCUT2D eigenvalue weighted by Crippen LogP contribution is -2.16. The zero-order valence-electron chi connectivity index (χ0n) is 10.9. The van der Waals surface area contributed by atoms with Crippen LogP contribution in [0.25, 0.3) is 0 Å². The van der Waals surface area contributed by atoms with E-state index in [1.165, 1.54) is 3.97 Å². The Kier molecular flexibility index (Phi) is 3.02. The summed E-state index contributed by atoms with van der Waals surface area (Å²) < 4.78 is 26.3. The molecule has 1 heterocycles. The summed E-state index contributed by atoms with van der Waals surface area (Å²) in [5, 5.41) is 0. The van der Waals surface area contributed by atoms with Crippen LogP contribution in [0.3, 0.4) is 0 Å². The zero-order valence-corrected chi connectivity index (χ0v) is 11.7. The third-order valence-corrected chi connectivity index (χ3v) is 4.90. The standard InChI is InChI=1S/C13H16N2O2S/c1-9-5-7-13(8-6-9)18(16,17)15-11(3)10(2)14-12(15)4/h5-8H,1-4H3. The largest absolute Gasteiger partial charge is 0.269 e. The molecule has 0 saturated heterocycles. The smallest absolute Gasteiger partial charge is 0.238 e. The number of nitrogens with zero attached hydrogens (tertiary/aromatic N) is 2. The van der Waals surface area contributed by atoms with Crippen molar-refractivity contribution in [1.82, 2.24) is 8.96 Å². The summed E-state index contributed by atoms with van der Waals surface area (Å²) in [5.41, 5.74) is 2.43. The Hall–Kier alpha value is -1.62. The number of imidazole rings is 1. The first-order valence-corrected chi connectivity index (χ1v) is 7.13. The molecule has 0 spiro atoms. The molecule has 2 rings (SSSR count). The molecule has 0 N–H and O–H groups in total. The number of hydrogen-bond donors (Lipinski definition) is 0. The topological polar surface area (TPSA) is 52.0 Å². The minimum atomic E-state index is -3.54. The van der Waals surface area contributed by atoms with Crippen molar-refractivity contribution >= 4 is 10.0 Å². The van der Waals surface area contributed by atoms with Gasteiger partial charge in [0.15, 0.2) is 0 Å². The van der Waals surface area contributed by atoms with E-state index < -0.39 is 10.0 Å². The summed E-state index contributed by atoms with van der Waals surface area (Å²) in [4.78, 5) is 4.49. The Balaban J connectivity index is 2.65. The van der Waals surface area contributed by atoms with Gasteiger partial charge in [-0.1, -0.05) is 17.7 Å². The molecule has 0 aliphatic rings.